The number of fused-ring (bicyclic) bond motifs is 1. The first-order chi connectivity index (χ1) is 10.6. The molecule has 0 aliphatic carbocycles. The Hall–Kier alpha value is -3.02. The van der Waals surface area contributed by atoms with Crippen molar-refractivity contribution in [2.75, 3.05) is 14.2 Å². The summed E-state index contributed by atoms with van der Waals surface area (Å²) in [7, 11) is 3.18. The van der Waals surface area contributed by atoms with E-state index in [1.165, 1.54) is 0 Å². The molecule has 1 heterocycles. The van der Waals surface area contributed by atoms with Crippen LogP contribution in [0.15, 0.2) is 36.4 Å². The van der Waals surface area contributed by atoms with Crippen molar-refractivity contribution in [3.63, 3.8) is 0 Å². The van der Waals surface area contributed by atoms with Crippen LogP contribution in [0.4, 0.5) is 0 Å². The smallest absolute Gasteiger partial charge is 0.335 e. The normalized spacial score (nSPS) is 10.6. The number of carbonyl (C=O) groups is 1. The minimum atomic E-state index is -0.975. The average molecular weight is 298 g/mol. The van der Waals surface area contributed by atoms with Gasteiger partial charge in [0, 0.05) is 10.9 Å². The number of aromatic amines is 1. The lowest BCUT2D eigenvalue weighted by Gasteiger charge is -2.09. The highest BCUT2D eigenvalue weighted by Gasteiger charge is 2.15. The van der Waals surface area contributed by atoms with Gasteiger partial charge in [0.05, 0.1) is 25.3 Å². The van der Waals surface area contributed by atoms with Gasteiger partial charge in [-0.05, 0) is 36.4 Å². The van der Waals surface area contributed by atoms with Gasteiger partial charge >= 0.3 is 5.97 Å². The molecule has 0 saturated carbocycles. The summed E-state index contributed by atoms with van der Waals surface area (Å²) in [6.07, 6.45) is 0. The zero-order chi connectivity index (χ0) is 15.7. The number of hydrogen-bond acceptors (Lipinski definition) is 4. The molecule has 0 atom stereocenters. The molecule has 2 aromatic carbocycles. The number of carboxylic acid groups (broad SMARTS) is 1. The molecule has 0 fully saturated rings. The predicted molar refractivity (Wildman–Crippen MR) is 81.6 cm³/mol. The quantitative estimate of drug-likeness (QED) is 0.773. The van der Waals surface area contributed by atoms with Crippen molar-refractivity contribution in [3.8, 4) is 22.8 Å². The molecule has 0 aliphatic heterocycles. The van der Waals surface area contributed by atoms with E-state index in [0.717, 1.165) is 10.9 Å². The highest BCUT2D eigenvalue weighted by Crippen LogP contribution is 2.36. The Morgan fingerprint density at radius 3 is 2.64 bits per heavy atom. The lowest BCUT2D eigenvalue weighted by atomic mass is 10.0. The summed E-state index contributed by atoms with van der Waals surface area (Å²) in [6, 6.07) is 10.3. The number of nitrogens with zero attached hydrogens (tertiary/aromatic N) is 1. The van der Waals surface area contributed by atoms with Gasteiger partial charge in [0.25, 0.3) is 0 Å². The van der Waals surface area contributed by atoms with E-state index in [-0.39, 0.29) is 5.56 Å². The van der Waals surface area contributed by atoms with Crippen molar-refractivity contribution >= 4 is 16.9 Å². The molecular formula is C16H14N2O4. The summed E-state index contributed by atoms with van der Waals surface area (Å²) in [6.45, 7) is 0. The van der Waals surface area contributed by atoms with Crippen LogP contribution in [-0.4, -0.2) is 35.5 Å². The van der Waals surface area contributed by atoms with E-state index in [1.807, 2.05) is 6.07 Å². The second-order valence-electron chi connectivity index (χ2n) is 4.70. The van der Waals surface area contributed by atoms with Crippen molar-refractivity contribution < 1.29 is 19.4 Å². The summed E-state index contributed by atoms with van der Waals surface area (Å²) in [5.74, 6) is 0.377. The number of methoxy groups -OCH3 is 2. The highest BCUT2D eigenvalue weighted by molar-refractivity contribution is 5.99. The van der Waals surface area contributed by atoms with Gasteiger partial charge in [-0.3, -0.25) is 5.10 Å². The van der Waals surface area contributed by atoms with Gasteiger partial charge in [-0.1, -0.05) is 0 Å². The van der Waals surface area contributed by atoms with E-state index in [2.05, 4.69) is 10.2 Å². The number of hydrogen-bond donors (Lipinski definition) is 2. The van der Waals surface area contributed by atoms with Crippen LogP contribution in [0, 0.1) is 0 Å². The molecule has 22 heavy (non-hydrogen) atoms. The van der Waals surface area contributed by atoms with E-state index in [9.17, 15) is 4.79 Å². The molecule has 0 spiro atoms. The topological polar surface area (TPSA) is 84.4 Å². The number of benzene rings is 2. The second kappa shape index (κ2) is 5.40. The molecule has 3 rings (SSSR count). The third-order valence-corrected chi connectivity index (χ3v) is 3.47. The first-order valence-electron chi connectivity index (χ1n) is 6.58. The standard InChI is InChI=1S/C16H14N2O4/c1-21-10-4-6-14(22-2)12(8-10)15-11-5-3-9(16(19)20)7-13(11)17-18-15/h3-8H,1-2H3,(H,17,18)(H,19,20). The van der Waals surface area contributed by atoms with Crippen molar-refractivity contribution in [2.45, 2.75) is 0 Å². The number of rotatable bonds is 4. The highest BCUT2D eigenvalue weighted by atomic mass is 16.5. The first-order valence-corrected chi connectivity index (χ1v) is 6.58. The SMILES string of the molecule is COc1ccc(OC)c(-c2n[nH]c3cc(C(=O)O)ccc23)c1. The number of nitrogens with one attached hydrogen (secondary N) is 1. The number of aromatic carboxylic acids is 1. The molecule has 3 aromatic rings. The third kappa shape index (κ3) is 2.24. The number of aromatic nitrogens is 2. The molecule has 0 saturated heterocycles. The Bertz CT molecular complexity index is 854. The van der Waals surface area contributed by atoms with E-state index in [0.29, 0.717) is 22.7 Å². The molecule has 0 bridgehead atoms. The van der Waals surface area contributed by atoms with Crippen LogP contribution in [0.5, 0.6) is 11.5 Å². The van der Waals surface area contributed by atoms with Gasteiger partial charge < -0.3 is 14.6 Å². The molecule has 6 nitrogen and oxygen atoms in total. The number of ether oxygens (including phenoxy) is 2. The number of carboxylic acids is 1. The van der Waals surface area contributed by atoms with Crippen LogP contribution in [0.2, 0.25) is 0 Å². The first kappa shape index (κ1) is 13.9. The molecule has 0 unspecified atom stereocenters. The molecule has 6 heteroatoms. The summed E-state index contributed by atoms with van der Waals surface area (Å²) in [4.78, 5) is 11.0. The molecule has 0 aliphatic rings. The maximum atomic E-state index is 11.0. The van der Waals surface area contributed by atoms with Gasteiger partial charge in [-0.25, -0.2) is 4.79 Å². The fourth-order valence-electron chi connectivity index (χ4n) is 2.36. The fraction of sp³-hybridized carbons (Fsp3) is 0.125. The van der Waals surface area contributed by atoms with Gasteiger partial charge in [0.1, 0.15) is 17.2 Å². The van der Waals surface area contributed by atoms with Crippen LogP contribution in [0.3, 0.4) is 0 Å². The van der Waals surface area contributed by atoms with Gasteiger partial charge in [-0.15, -0.1) is 0 Å². The molecule has 1 aromatic heterocycles. The van der Waals surface area contributed by atoms with E-state index in [4.69, 9.17) is 14.6 Å². The molecule has 0 amide bonds. The zero-order valence-electron chi connectivity index (χ0n) is 12.1. The Kier molecular flexibility index (Phi) is 3.42. The Morgan fingerprint density at radius 1 is 1.14 bits per heavy atom. The van der Waals surface area contributed by atoms with E-state index in [1.54, 1.807) is 44.6 Å². The maximum Gasteiger partial charge on any atom is 0.335 e. The van der Waals surface area contributed by atoms with Crippen LogP contribution < -0.4 is 9.47 Å². The molecular weight excluding hydrogens is 284 g/mol. The monoisotopic (exact) mass is 298 g/mol. The van der Waals surface area contributed by atoms with Gasteiger partial charge in [-0.2, -0.15) is 5.10 Å². The van der Waals surface area contributed by atoms with E-state index >= 15 is 0 Å². The average Bonchev–Trinajstić information content (AvgIpc) is 2.97. The van der Waals surface area contributed by atoms with Crippen molar-refractivity contribution in [1.29, 1.82) is 0 Å². The largest absolute Gasteiger partial charge is 0.497 e. The minimum Gasteiger partial charge on any atom is -0.497 e. The third-order valence-electron chi connectivity index (χ3n) is 3.47. The van der Waals surface area contributed by atoms with Crippen molar-refractivity contribution in [1.82, 2.24) is 10.2 Å². The van der Waals surface area contributed by atoms with Gasteiger partial charge in [0.15, 0.2) is 0 Å². The van der Waals surface area contributed by atoms with Crippen LogP contribution in [-0.2, 0) is 0 Å². The maximum absolute atomic E-state index is 11.0. The fourth-order valence-corrected chi connectivity index (χ4v) is 2.36. The summed E-state index contributed by atoms with van der Waals surface area (Å²) in [5.41, 5.74) is 2.32. The Labute approximate surface area is 126 Å². The van der Waals surface area contributed by atoms with E-state index < -0.39 is 5.97 Å². The summed E-state index contributed by atoms with van der Waals surface area (Å²) >= 11 is 0. The molecule has 2 N–H and O–H groups in total. The van der Waals surface area contributed by atoms with Crippen molar-refractivity contribution in [3.05, 3.63) is 42.0 Å². The zero-order valence-corrected chi connectivity index (χ0v) is 12.1. The lowest BCUT2D eigenvalue weighted by molar-refractivity contribution is 0.0697. The van der Waals surface area contributed by atoms with Crippen LogP contribution in [0.25, 0.3) is 22.2 Å². The lowest BCUT2D eigenvalue weighted by Crippen LogP contribution is -1.95. The molecule has 112 valence electrons. The minimum absolute atomic E-state index is 0.209. The van der Waals surface area contributed by atoms with Crippen LogP contribution >= 0.6 is 0 Å². The van der Waals surface area contributed by atoms with Crippen LogP contribution in [0.1, 0.15) is 10.4 Å². The second-order valence-corrected chi connectivity index (χ2v) is 4.70. The molecule has 0 radical (unpaired) electrons. The summed E-state index contributed by atoms with van der Waals surface area (Å²) in [5, 5.41) is 17.0. The predicted octanol–water partition coefficient (Wildman–Crippen LogP) is 2.95. The van der Waals surface area contributed by atoms with Gasteiger partial charge in [0.2, 0.25) is 0 Å². The Morgan fingerprint density at radius 2 is 1.95 bits per heavy atom. The van der Waals surface area contributed by atoms with Crippen molar-refractivity contribution in [2.24, 2.45) is 0 Å². The Balaban J connectivity index is 2.20. The number of H-pyrrole nitrogens is 1. The summed E-state index contributed by atoms with van der Waals surface area (Å²) < 4.78 is 10.6.